The molecule has 170 valence electrons. The second-order valence-corrected chi connectivity index (χ2v) is 8.56. The third kappa shape index (κ3) is 4.42. The van der Waals surface area contributed by atoms with Crippen molar-refractivity contribution in [3.63, 3.8) is 0 Å². The van der Waals surface area contributed by atoms with Gasteiger partial charge in [0, 0.05) is 23.8 Å². The molecule has 1 heterocycles. The molecule has 34 heavy (non-hydrogen) atoms. The van der Waals surface area contributed by atoms with Crippen LogP contribution in [0.3, 0.4) is 0 Å². The number of carbonyl (C=O) groups excluding carboxylic acids is 2. The summed E-state index contributed by atoms with van der Waals surface area (Å²) in [4.78, 5) is 32.3. The van der Waals surface area contributed by atoms with Crippen molar-refractivity contribution >= 4 is 28.5 Å². The minimum atomic E-state index is -0.173. The Morgan fingerprint density at radius 3 is 2.38 bits per heavy atom. The zero-order valence-corrected chi connectivity index (χ0v) is 19.1. The summed E-state index contributed by atoms with van der Waals surface area (Å²) >= 11 is 0. The molecule has 4 aromatic rings. The highest BCUT2D eigenvalue weighted by Crippen LogP contribution is 2.41. The third-order valence-corrected chi connectivity index (χ3v) is 6.34. The van der Waals surface area contributed by atoms with Gasteiger partial charge in [0.15, 0.2) is 0 Å². The Balaban J connectivity index is 1.47. The van der Waals surface area contributed by atoms with Crippen LogP contribution in [0.1, 0.15) is 23.7 Å². The molecule has 1 amide bonds. The lowest BCUT2D eigenvalue weighted by molar-refractivity contribution is -0.145. The van der Waals surface area contributed by atoms with Crippen molar-refractivity contribution in [1.82, 2.24) is 4.98 Å². The average molecular weight is 451 g/mol. The van der Waals surface area contributed by atoms with Gasteiger partial charge in [-0.05, 0) is 54.7 Å². The molecule has 1 saturated carbocycles. The molecule has 2 unspecified atom stereocenters. The number of hydrogen-bond acceptors (Lipinski definition) is 4. The molecular weight excluding hydrogens is 424 g/mol. The van der Waals surface area contributed by atoms with E-state index >= 15 is 0 Å². The highest BCUT2D eigenvalue weighted by atomic mass is 16.5. The number of para-hydroxylation sites is 1. The molecule has 5 nitrogen and oxygen atoms in total. The first-order valence-corrected chi connectivity index (χ1v) is 11.6. The molecule has 3 aromatic carbocycles. The van der Waals surface area contributed by atoms with Crippen LogP contribution in [-0.4, -0.2) is 30.0 Å². The van der Waals surface area contributed by atoms with Gasteiger partial charge in [0.1, 0.15) is 0 Å². The van der Waals surface area contributed by atoms with Gasteiger partial charge in [-0.1, -0.05) is 60.7 Å². The summed E-state index contributed by atoms with van der Waals surface area (Å²) < 4.78 is 5.20. The normalized spacial score (nSPS) is 16.7. The van der Waals surface area contributed by atoms with Crippen LogP contribution in [0, 0.1) is 11.8 Å². The molecule has 1 aliphatic carbocycles. The number of anilines is 1. The van der Waals surface area contributed by atoms with E-state index in [2.05, 4.69) is 17.1 Å². The molecule has 0 N–H and O–H groups in total. The van der Waals surface area contributed by atoms with Gasteiger partial charge in [-0.2, -0.15) is 0 Å². The van der Waals surface area contributed by atoms with E-state index in [0.717, 1.165) is 34.1 Å². The lowest BCUT2D eigenvalue weighted by atomic mass is 10.0. The van der Waals surface area contributed by atoms with Crippen LogP contribution in [0.25, 0.3) is 22.0 Å². The maximum Gasteiger partial charge on any atom is 0.309 e. The van der Waals surface area contributed by atoms with Crippen LogP contribution in [-0.2, 0) is 9.53 Å². The molecule has 0 spiro atoms. The van der Waals surface area contributed by atoms with Crippen LogP contribution >= 0.6 is 0 Å². The number of fused-ring (bicyclic) bond motifs is 1. The number of esters is 1. The highest BCUT2D eigenvalue weighted by molar-refractivity contribution is 6.13. The van der Waals surface area contributed by atoms with Crippen molar-refractivity contribution in [2.75, 3.05) is 18.1 Å². The Bertz CT molecular complexity index is 1310. The monoisotopic (exact) mass is 450 g/mol. The fourth-order valence-electron chi connectivity index (χ4n) is 4.42. The first kappa shape index (κ1) is 21.8. The van der Waals surface area contributed by atoms with Gasteiger partial charge in [0.2, 0.25) is 0 Å². The Labute approximate surface area is 199 Å². The second-order valence-electron chi connectivity index (χ2n) is 8.56. The van der Waals surface area contributed by atoms with E-state index < -0.39 is 0 Å². The van der Waals surface area contributed by atoms with Crippen molar-refractivity contribution in [1.29, 1.82) is 0 Å². The van der Waals surface area contributed by atoms with Crippen molar-refractivity contribution < 1.29 is 14.3 Å². The quantitative estimate of drug-likeness (QED) is 0.337. The summed E-state index contributed by atoms with van der Waals surface area (Å²) in [7, 11) is 0. The van der Waals surface area contributed by atoms with Crippen molar-refractivity contribution in [2.24, 2.45) is 11.8 Å². The lowest BCUT2D eigenvalue weighted by Crippen LogP contribution is -2.33. The van der Waals surface area contributed by atoms with E-state index in [9.17, 15) is 9.59 Å². The average Bonchev–Trinajstić information content (AvgIpc) is 3.67. The van der Waals surface area contributed by atoms with Gasteiger partial charge >= 0.3 is 5.97 Å². The first-order valence-electron chi connectivity index (χ1n) is 11.6. The molecule has 0 bridgehead atoms. The van der Waals surface area contributed by atoms with Crippen LogP contribution in [0.5, 0.6) is 0 Å². The molecular formula is C29H26N2O3. The fourth-order valence-corrected chi connectivity index (χ4v) is 4.42. The van der Waals surface area contributed by atoms with Crippen LogP contribution < -0.4 is 4.90 Å². The predicted octanol–water partition coefficient (Wildman–Crippen LogP) is 5.75. The zero-order valence-electron chi connectivity index (χ0n) is 19.1. The number of hydrogen-bond donors (Lipinski definition) is 0. The smallest absolute Gasteiger partial charge is 0.309 e. The second kappa shape index (κ2) is 9.48. The van der Waals surface area contributed by atoms with E-state index in [0.29, 0.717) is 18.7 Å². The number of aromatic nitrogens is 1. The Hall–Kier alpha value is -3.99. The maximum absolute atomic E-state index is 13.9. The van der Waals surface area contributed by atoms with E-state index in [1.54, 1.807) is 17.2 Å². The van der Waals surface area contributed by atoms with E-state index in [1.807, 2.05) is 73.7 Å². The van der Waals surface area contributed by atoms with E-state index in [-0.39, 0.29) is 23.7 Å². The molecule has 1 aliphatic rings. The van der Waals surface area contributed by atoms with Crippen LogP contribution in [0.4, 0.5) is 5.69 Å². The minimum absolute atomic E-state index is 0.0879. The third-order valence-electron chi connectivity index (χ3n) is 6.34. The topological polar surface area (TPSA) is 59.5 Å². The molecule has 0 saturated heterocycles. The number of carbonyl (C=O) groups is 2. The zero-order chi connectivity index (χ0) is 23.5. The summed E-state index contributed by atoms with van der Waals surface area (Å²) in [5, 5.41) is 0.818. The van der Waals surface area contributed by atoms with E-state index in [4.69, 9.17) is 4.74 Å². The van der Waals surface area contributed by atoms with Crippen molar-refractivity contribution in [2.45, 2.75) is 13.3 Å². The van der Waals surface area contributed by atoms with Crippen LogP contribution in [0.2, 0.25) is 0 Å². The molecule has 0 radical (unpaired) electrons. The summed E-state index contributed by atoms with van der Waals surface area (Å²) in [5.74, 6) is -0.327. The van der Waals surface area contributed by atoms with Gasteiger partial charge in [0.05, 0.1) is 23.6 Å². The van der Waals surface area contributed by atoms with Gasteiger partial charge in [-0.25, -0.2) is 0 Å². The van der Waals surface area contributed by atoms with Crippen molar-refractivity contribution in [3.05, 3.63) is 96.7 Å². The van der Waals surface area contributed by atoms with E-state index in [1.165, 1.54) is 0 Å². The van der Waals surface area contributed by atoms with Crippen LogP contribution in [0.15, 0.2) is 91.1 Å². The van der Waals surface area contributed by atoms with Gasteiger partial charge in [-0.15, -0.1) is 0 Å². The first-order chi connectivity index (χ1) is 16.7. The Morgan fingerprint density at radius 1 is 0.912 bits per heavy atom. The molecule has 0 aliphatic heterocycles. The predicted molar refractivity (Wildman–Crippen MR) is 134 cm³/mol. The number of amides is 1. The Kier molecular flexibility index (Phi) is 6.09. The standard InChI is InChI=1S/C29H26N2O3/c1-2-34-29(33)26-18-22(26)19-31(23-14-12-21(13-15-23)20-8-4-3-5-9-20)28(32)25-16-17-30-27-11-7-6-10-24(25)27/h3-17,22,26H,2,18-19H2,1H3. The highest BCUT2D eigenvalue weighted by Gasteiger charge is 2.45. The number of nitrogens with zero attached hydrogens (tertiary/aromatic N) is 2. The van der Waals surface area contributed by atoms with Crippen molar-refractivity contribution in [3.8, 4) is 11.1 Å². The molecule has 2 atom stereocenters. The summed E-state index contributed by atoms with van der Waals surface area (Å²) in [5.41, 5.74) is 4.40. The summed E-state index contributed by atoms with van der Waals surface area (Å²) in [6.45, 7) is 2.65. The number of pyridine rings is 1. The molecule has 1 fully saturated rings. The fraction of sp³-hybridized carbons (Fsp3) is 0.207. The Morgan fingerprint density at radius 2 is 1.62 bits per heavy atom. The summed E-state index contributed by atoms with van der Waals surface area (Å²) in [6, 6.07) is 27.6. The van der Waals surface area contributed by atoms with Gasteiger partial charge in [0.25, 0.3) is 5.91 Å². The lowest BCUT2D eigenvalue weighted by Gasteiger charge is -2.24. The number of rotatable bonds is 7. The van der Waals surface area contributed by atoms with Gasteiger partial charge < -0.3 is 9.64 Å². The number of ether oxygens (including phenoxy) is 1. The number of benzene rings is 3. The largest absolute Gasteiger partial charge is 0.466 e. The SMILES string of the molecule is CCOC(=O)C1CC1CN(C(=O)c1ccnc2ccccc12)c1ccc(-c2ccccc2)cc1. The minimum Gasteiger partial charge on any atom is -0.466 e. The summed E-state index contributed by atoms with van der Waals surface area (Å²) in [6.07, 6.45) is 2.41. The maximum atomic E-state index is 13.9. The molecule has 1 aromatic heterocycles. The van der Waals surface area contributed by atoms with Gasteiger partial charge in [-0.3, -0.25) is 14.6 Å². The molecule has 5 rings (SSSR count). The molecule has 5 heteroatoms.